The molecule has 0 radical (unpaired) electrons. The van der Waals surface area contributed by atoms with E-state index in [1.807, 2.05) is 20.8 Å². The SMILES string of the molecule is CC(C)(C)C1COSN1C(=O)O. The van der Waals surface area contributed by atoms with E-state index in [0.717, 1.165) is 12.2 Å². The summed E-state index contributed by atoms with van der Waals surface area (Å²) in [7, 11) is 0. The van der Waals surface area contributed by atoms with Crippen molar-refractivity contribution >= 4 is 18.3 Å². The molecule has 1 saturated heterocycles. The van der Waals surface area contributed by atoms with Crippen molar-refractivity contribution in [2.75, 3.05) is 6.61 Å². The summed E-state index contributed by atoms with van der Waals surface area (Å²) in [4.78, 5) is 10.7. The van der Waals surface area contributed by atoms with Crippen LogP contribution in [0.15, 0.2) is 0 Å². The maximum absolute atomic E-state index is 10.7. The van der Waals surface area contributed by atoms with Crippen LogP contribution in [-0.2, 0) is 4.18 Å². The van der Waals surface area contributed by atoms with Crippen LogP contribution in [0.1, 0.15) is 20.8 Å². The van der Waals surface area contributed by atoms with Crippen molar-refractivity contribution in [3.8, 4) is 0 Å². The fourth-order valence-electron chi connectivity index (χ4n) is 1.04. The lowest BCUT2D eigenvalue weighted by atomic mass is 9.87. The molecule has 1 atom stereocenters. The van der Waals surface area contributed by atoms with Gasteiger partial charge in [0.2, 0.25) is 0 Å². The first kappa shape index (κ1) is 9.67. The molecule has 0 bridgehead atoms. The molecule has 0 aromatic heterocycles. The van der Waals surface area contributed by atoms with E-state index < -0.39 is 6.09 Å². The van der Waals surface area contributed by atoms with Gasteiger partial charge in [-0.15, -0.1) is 0 Å². The monoisotopic (exact) mass is 191 g/mol. The minimum Gasteiger partial charge on any atom is -0.464 e. The average Bonchev–Trinajstić information content (AvgIpc) is 2.30. The lowest BCUT2D eigenvalue weighted by Crippen LogP contribution is -2.41. The van der Waals surface area contributed by atoms with Crippen molar-refractivity contribution in [2.45, 2.75) is 26.8 Å². The highest BCUT2D eigenvalue weighted by molar-refractivity contribution is 7.93. The smallest absolute Gasteiger partial charge is 0.419 e. The second kappa shape index (κ2) is 3.14. The maximum Gasteiger partial charge on any atom is 0.419 e. The van der Waals surface area contributed by atoms with Crippen LogP contribution in [0, 0.1) is 5.41 Å². The number of carbonyl (C=O) groups is 1. The normalized spacial score (nSPS) is 24.6. The standard InChI is InChI=1S/C7H13NO3S/c1-7(2,3)5-4-11-12-8(5)6(9)10/h5H,4H2,1-3H3,(H,9,10). The fourth-order valence-corrected chi connectivity index (χ4v) is 1.89. The van der Waals surface area contributed by atoms with Gasteiger partial charge < -0.3 is 5.11 Å². The second-order valence-corrected chi connectivity index (χ2v) is 4.63. The average molecular weight is 191 g/mol. The van der Waals surface area contributed by atoms with Gasteiger partial charge in [0.05, 0.1) is 12.6 Å². The van der Waals surface area contributed by atoms with Gasteiger partial charge in [-0.1, -0.05) is 20.8 Å². The van der Waals surface area contributed by atoms with Gasteiger partial charge in [0.25, 0.3) is 0 Å². The quantitative estimate of drug-likeness (QED) is 0.470. The molecule has 0 aromatic rings. The summed E-state index contributed by atoms with van der Waals surface area (Å²) >= 11 is 0.919. The van der Waals surface area contributed by atoms with Crippen molar-refractivity contribution in [2.24, 2.45) is 5.41 Å². The van der Waals surface area contributed by atoms with Gasteiger partial charge in [0, 0.05) is 0 Å². The highest BCUT2D eigenvalue weighted by Crippen LogP contribution is 2.35. The van der Waals surface area contributed by atoms with E-state index in [4.69, 9.17) is 9.29 Å². The first-order valence-electron chi connectivity index (χ1n) is 3.74. The van der Waals surface area contributed by atoms with Crippen molar-refractivity contribution in [3.05, 3.63) is 0 Å². The maximum atomic E-state index is 10.7. The third-order valence-electron chi connectivity index (χ3n) is 1.83. The summed E-state index contributed by atoms with van der Waals surface area (Å²) in [5.41, 5.74) is -0.0676. The highest BCUT2D eigenvalue weighted by atomic mass is 32.2. The van der Waals surface area contributed by atoms with Crippen LogP contribution in [0.4, 0.5) is 4.79 Å². The lowest BCUT2D eigenvalue weighted by Gasteiger charge is -2.29. The van der Waals surface area contributed by atoms with Crippen molar-refractivity contribution in [3.63, 3.8) is 0 Å². The van der Waals surface area contributed by atoms with E-state index >= 15 is 0 Å². The molecule has 5 heteroatoms. The Labute approximate surface area is 76.2 Å². The van der Waals surface area contributed by atoms with Crippen LogP contribution in [0.5, 0.6) is 0 Å². The number of hydrogen-bond donors (Lipinski definition) is 1. The number of hydrogen-bond acceptors (Lipinski definition) is 3. The predicted molar refractivity (Wildman–Crippen MR) is 46.6 cm³/mol. The Morgan fingerprint density at radius 2 is 2.25 bits per heavy atom. The molecule has 1 aliphatic rings. The molecule has 1 rings (SSSR count). The zero-order chi connectivity index (χ0) is 9.35. The molecular formula is C7H13NO3S. The molecule has 1 amide bonds. The van der Waals surface area contributed by atoms with Crippen LogP contribution in [0.2, 0.25) is 0 Å². The Bertz CT molecular complexity index is 190. The van der Waals surface area contributed by atoms with Gasteiger partial charge in [-0.3, -0.25) is 4.18 Å². The van der Waals surface area contributed by atoms with Crippen molar-refractivity contribution < 1.29 is 14.1 Å². The molecule has 1 fully saturated rings. The van der Waals surface area contributed by atoms with Gasteiger partial charge in [-0.25, -0.2) is 9.10 Å². The Balaban J connectivity index is 2.71. The molecule has 12 heavy (non-hydrogen) atoms. The van der Waals surface area contributed by atoms with Gasteiger partial charge in [-0.2, -0.15) is 0 Å². The zero-order valence-electron chi connectivity index (χ0n) is 7.40. The summed E-state index contributed by atoms with van der Waals surface area (Å²) in [6.45, 7) is 6.48. The first-order chi connectivity index (χ1) is 5.43. The largest absolute Gasteiger partial charge is 0.464 e. The van der Waals surface area contributed by atoms with Gasteiger partial charge >= 0.3 is 6.09 Å². The van der Waals surface area contributed by atoms with Crippen LogP contribution in [0.3, 0.4) is 0 Å². The first-order valence-corrected chi connectivity index (χ1v) is 4.44. The fraction of sp³-hybridized carbons (Fsp3) is 0.857. The van der Waals surface area contributed by atoms with Crippen LogP contribution < -0.4 is 0 Å². The summed E-state index contributed by atoms with van der Waals surface area (Å²) in [6.07, 6.45) is -0.933. The lowest BCUT2D eigenvalue weighted by molar-refractivity contribution is 0.134. The molecule has 0 aliphatic carbocycles. The third-order valence-corrected chi connectivity index (χ3v) is 2.64. The Morgan fingerprint density at radius 1 is 1.67 bits per heavy atom. The van der Waals surface area contributed by atoms with Gasteiger partial charge in [0.1, 0.15) is 12.2 Å². The number of rotatable bonds is 0. The molecule has 1 heterocycles. The Hall–Kier alpha value is -0.420. The Morgan fingerprint density at radius 3 is 2.58 bits per heavy atom. The minimum absolute atomic E-state index is 0.0556. The topological polar surface area (TPSA) is 49.8 Å². The van der Waals surface area contributed by atoms with E-state index in [0.29, 0.717) is 6.61 Å². The van der Waals surface area contributed by atoms with Gasteiger partial charge in [-0.05, 0) is 5.41 Å². The number of nitrogens with zero attached hydrogens (tertiary/aromatic N) is 1. The summed E-state index contributed by atoms with van der Waals surface area (Å²) in [5.74, 6) is 0. The van der Waals surface area contributed by atoms with E-state index in [2.05, 4.69) is 0 Å². The van der Waals surface area contributed by atoms with Crippen molar-refractivity contribution in [1.29, 1.82) is 0 Å². The molecule has 1 unspecified atom stereocenters. The molecular weight excluding hydrogens is 178 g/mol. The summed E-state index contributed by atoms with van der Waals surface area (Å²) in [6, 6.07) is -0.0556. The molecule has 1 aliphatic heterocycles. The van der Waals surface area contributed by atoms with Crippen molar-refractivity contribution in [1.82, 2.24) is 4.31 Å². The number of amides is 1. The molecule has 1 N–H and O–H groups in total. The molecule has 4 nitrogen and oxygen atoms in total. The Kier molecular flexibility index (Phi) is 2.53. The molecule has 0 spiro atoms. The molecule has 0 aromatic carbocycles. The number of carboxylic acid groups (broad SMARTS) is 1. The zero-order valence-corrected chi connectivity index (χ0v) is 8.22. The highest BCUT2D eigenvalue weighted by Gasteiger charge is 2.39. The van der Waals surface area contributed by atoms with E-state index in [1.54, 1.807) is 0 Å². The van der Waals surface area contributed by atoms with Crippen LogP contribution in [0.25, 0.3) is 0 Å². The van der Waals surface area contributed by atoms with Crippen LogP contribution >= 0.6 is 12.2 Å². The van der Waals surface area contributed by atoms with E-state index in [1.165, 1.54) is 4.31 Å². The summed E-state index contributed by atoms with van der Waals surface area (Å²) in [5, 5.41) is 8.77. The summed E-state index contributed by atoms with van der Waals surface area (Å²) < 4.78 is 6.28. The van der Waals surface area contributed by atoms with E-state index in [-0.39, 0.29) is 11.5 Å². The molecule has 0 saturated carbocycles. The third kappa shape index (κ3) is 1.84. The van der Waals surface area contributed by atoms with E-state index in [9.17, 15) is 4.79 Å². The predicted octanol–water partition coefficient (Wildman–Crippen LogP) is 1.97. The second-order valence-electron chi connectivity index (χ2n) is 3.85. The van der Waals surface area contributed by atoms with Gasteiger partial charge in [0.15, 0.2) is 0 Å². The molecule has 70 valence electrons. The van der Waals surface area contributed by atoms with Crippen LogP contribution in [-0.4, -0.2) is 28.2 Å². The minimum atomic E-state index is -0.933.